The minimum absolute atomic E-state index is 0.0944. The van der Waals surface area contributed by atoms with Crippen molar-refractivity contribution < 1.29 is 9.53 Å². The van der Waals surface area contributed by atoms with Gasteiger partial charge in [0.25, 0.3) is 0 Å². The van der Waals surface area contributed by atoms with Crippen LogP contribution in [-0.2, 0) is 9.53 Å². The van der Waals surface area contributed by atoms with Gasteiger partial charge in [-0.1, -0.05) is 13.8 Å². The van der Waals surface area contributed by atoms with Crippen LogP contribution in [0, 0.1) is 11.8 Å². The molecule has 2 heterocycles. The van der Waals surface area contributed by atoms with E-state index in [1.54, 1.807) is 0 Å². The molecule has 0 bridgehead atoms. The van der Waals surface area contributed by atoms with E-state index in [0.29, 0.717) is 19.1 Å². The molecule has 0 radical (unpaired) electrons. The fourth-order valence-electron chi connectivity index (χ4n) is 2.96. The molecule has 0 saturated carbocycles. The second kappa shape index (κ2) is 8.71. The fourth-order valence-corrected chi connectivity index (χ4v) is 2.96. The number of amides is 1. The fraction of sp³-hybridized carbons (Fsp3) is 0.938. The first-order valence-corrected chi connectivity index (χ1v) is 8.46. The maximum atomic E-state index is 12.0. The third-order valence-electron chi connectivity index (χ3n) is 4.53. The average molecular weight is 297 g/mol. The third kappa shape index (κ3) is 5.93. The van der Waals surface area contributed by atoms with Crippen LogP contribution in [0.3, 0.4) is 0 Å². The molecule has 2 fully saturated rings. The van der Waals surface area contributed by atoms with E-state index in [0.717, 1.165) is 19.0 Å². The first kappa shape index (κ1) is 16.7. The van der Waals surface area contributed by atoms with Crippen molar-refractivity contribution in [2.45, 2.75) is 39.2 Å². The second-order valence-corrected chi connectivity index (χ2v) is 6.79. The van der Waals surface area contributed by atoms with Crippen LogP contribution in [0.2, 0.25) is 0 Å². The van der Waals surface area contributed by atoms with Gasteiger partial charge >= 0.3 is 0 Å². The van der Waals surface area contributed by atoms with Crippen molar-refractivity contribution in [3.63, 3.8) is 0 Å². The minimum Gasteiger partial charge on any atom is -0.378 e. The number of carbonyl (C=O) groups is 1. The SMILES string of the molecule is CC(C)CCN1CCC(CNC(=O)C2COCCN2)CC1. The summed E-state index contributed by atoms with van der Waals surface area (Å²) in [5, 5.41) is 6.28. The largest absolute Gasteiger partial charge is 0.378 e. The molecule has 2 aliphatic rings. The van der Waals surface area contributed by atoms with E-state index in [1.807, 2.05) is 0 Å². The topological polar surface area (TPSA) is 53.6 Å². The van der Waals surface area contributed by atoms with Gasteiger partial charge in [-0.2, -0.15) is 0 Å². The van der Waals surface area contributed by atoms with Crippen LogP contribution >= 0.6 is 0 Å². The van der Waals surface area contributed by atoms with Gasteiger partial charge in [0.15, 0.2) is 0 Å². The van der Waals surface area contributed by atoms with Gasteiger partial charge in [0.1, 0.15) is 6.04 Å². The van der Waals surface area contributed by atoms with Crippen LogP contribution < -0.4 is 10.6 Å². The smallest absolute Gasteiger partial charge is 0.239 e. The standard InChI is InChI=1S/C16H31N3O2/c1-13(2)3-7-19-8-4-14(5-9-19)11-18-16(20)15-12-21-10-6-17-15/h13-15,17H,3-12H2,1-2H3,(H,18,20). The van der Waals surface area contributed by atoms with Crippen molar-refractivity contribution >= 4 is 5.91 Å². The lowest BCUT2D eigenvalue weighted by Crippen LogP contribution is -2.52. The highest BCUT2D eigenvalue weighted by atomic mass is 16.5. The third-order valence-corrected chi connectivity index (χ3v) is 4.53. The van der Waals surface area contributed by atoms with Gasteiger partial charge < -0.3 is 20.3 Å². The van der Waals surface area contributed by atoms with E-state index >= 15 is 0 Å². The Morgan fingerprint density at radius 2 is 2.14 bits per heavy atom. The predicted octanol–water partition coefficient (Wildman–Crippen LogP) is 0.849. The zero-order valence-corrected chi connectivity index (χ0v) is 13.6. The maximum absolute atomic E-state index is 12.0. The van der Waals surface area contributed by atoms with Gasteiger partial charge in [0.2, 0.25) is 5.91 Å². The number of rotatable bonds is 6. The predicted molar refractivity (Wildman–Crippen MR) is 84.2 cm³/mol. The highest BCUT2D eigenvalue weighted by molar-refractivity contribution is 5.81. The Balaban J connectivity index is 1.59. The number of likely N-dealkylation sites (tertiary alicyclic amines) is 1. The Morgan fingerprint density at radius 1 is 1.38 bits per heavy atom. The molecule has 5 heteroatoms. The van der Waals surface area contributed by atoms with Gasteiger partial charge in [0, 0.05) is 13.1 Å². The number of ether oxygens (including phenoxy) is 1. The Labute approximate surface area is 128 Å². The van der Waals surface area contributed by atoms with Gasteiger partial charge in [-0.3, -0.25) is 4.79 Å². The van der Waals surface area contributed by atoms with Crippen LogP contribution in [-0.4, -0.2) is 62.8 Å². The molecule has 2 aliphatic heterocycles. The summed E-state index contributed by atoms with van der Waals surface area (Å²) in [6.07, 6.45) is 3.69. The molecule has 1 amide bonds. The van der Waals surface area contributed by atoms with E-state index in [1.165, 1.54) is 38.9 Å². The molecule has 21 heavy (non-hydrogen) atoms. The average Bonchev–Trinajstić information content (AvgIpc) is 2.52. The van der Waals surface area contributed by atoms with E-state index in [9.17, 15) is 4.79 Å². The Morgan fingerprint density at radius 3 is 2.76 bits per heavy atom. The first-order valence-electron chi connectivity index (χ1n) is 8.46. The highest BCUT2D eigenvalue weighted by Crippen LogP contribution is 2.17. The number of hydrogen-bond donors (Lipinski definition) is 2. The van der Waals surface area contributed by atoms with Gasteiger partial charge in [0.05, 0.1) is 13.2 Å². The monoisotopic (exact) mass is 297 g/mol. The zero-order valence-electron chi connectivity index (χ0n) is 13.6. The van der Waals surface area contributed by atoms with Crippen LogP contribution in [0.1, 0.15) is 33.1 Å². The number of nitrogens with one attached hydrogen (secondary N) is 2. The van der Waals surface area contributed by atoms with Crippen molar-refractivity contribution in [3.8, 4) is 0 Å². The summed E-state index contributed by atoms with van der Waals surface area (Å²) in [5.41, 5.74) is 0. The number of morpholine rings is 1. The number of nitrogens with zero attached hydrogens (tertiary/aromatic N) is 1. The molecular weight excluding hydrogens is 266 g/mol. The van der Waals surface area contributed by atoms with Crippen LogP contribution in [0.5, 0.6) is 0 Å². The molecule has 0 aromatic rings. The van der Waals surface area contributed by atoms with Crippen molar-refractivity contribution in [2.75, 3.05) is 45.9 Å². The molecule has 122 valence electrons. The van der Waals surface area contributed by atoms with Crippen molar-refractivity contribution in [1.82, 2.24) is 15.5 Å². The summed E-state index contributed by atoms with van der Waals surface area (Å²) in [6, 6.07) is -0.162. The molecule has 0 spiro atoms. The quantitative estimate of drug-likeness (QED) is 0.763. The van der Waals surface area contributed by atoms with Crippen LogP contribution in [0.25, 0.3) is 0 Å². The van der Waals surface area contributed by atoms with Crippen LogP contribution in [0.4, 0.5) is 0 Å². The number of piperidine rings is 1. The molecule has 0 aromatic heterocycles. The Hall–Kier alpha value is -0.650. The lowest BCUT2D eigenvalue weighted by Gasteiger charge is -2.32. The van der Waals surface area contributed by atoms with Crippen molar-refractivity contribution in [2.24, 2.45) is 11.8 Å². The lowest BCUT2D eigenvalue weighted by molar-refractivity contribution is -0.126. The summed E-state index contributed by atoms with van der Waals surface area (Å²) in [7, 11) is 0. The summed E-state index contributed by atoms with van der Waals surface area (Å²) in [4.78, 5) is 14.6. The highest BCUT2D eigenvalue weighted by Gasteiger charge is 2.23. The molecule has 2 rings (SSSR count). The van der Waals surface area contributed by atoms with Crippen molar-refractivity contribution in [3.05, 3.63) is 0 Å². The van der Waals surface area contributed by atoms with E-state index in [2.05, 4.69) is 29.4 Å². The van der Waals surface area contributed by atoms with E-state index in [-0.39, 0.29) is 11.9 Å². The summed E-state index contributed by atoms with van der Waals surface area (Å²) in [6.45, 7) is 10.9. The normalized spacial score (nSPS) is 25.2. The number of carbonyl (C=O) groups excluding carboxylic acids is 1. The van der Waals surface area contributed by atoms with Gasteiger partial charge in [-0.05, 0) is 50.7 Å². The Bertz CT molecular complexity index is 309. The van der Waals surface area contributed by atoms with Crippen LogP contribution in [0.15, 0.2) is 0 Å². The molecule has 2 N–H and O–H groups in total. The molecule has 0 aliphatic carbocycles. The molecular formula is C16H31N3O2. The van der Waals surface area contributed by atoms with Crippen molar-refractivity contribution in [1.29, 1.82) is 0 Å². The molecule has 0 aromatic carbocycles. The molecule has 1 unspecified atom stereocenters. The summed E-state index contributed by atoms with van der Waals surface area (Å²) in [5.74, 6) is 1.51. The van der Waals surface area contributed by atoms with E-state index < -0.39 is 0 Å². The second-order valence-electron chi connectivity index (χ2n) is 6.79. The molecule has 2 saturated heterocycles. The molecule has 1 atom stereocenters. The van der Waals surface area contributed by atoms with Gasteiger partial charge in [-0.25, -0.2) is 0 Å². The molecule has 5 nitrogen and oxygen atoms in total. The maximum Gasteiger partial charge on any atom is 0.239 e. The van der Waals surface area contributed by atoms with Gasteiger partial charge in [-0.15, -0.1) is 0 Å². The Kier molecular flexibility index (Phi) is 6.93. The number of hydrogen-bond acceptors (Lipinski definition) is 4. The lowest BCUT2D eigenvalue weighted by atomic mass is 9.96. The van der Waals surface area contributed by atoms with E-state index in [4.69, 9.17) is 4.74 Å². The summed E-state index contributed by atoms with van der Waals surface area (Å²) < 4.78 is 5.33. The summed E-state index contributed by atoms with van der Waals surface area (Å²) >= 11 is 0. The zero-order chi connectivity index (χ0) is 15.1. The first-order chi connectivity index (χ1) is 10.1. The minimum atomic E-state index is -0.162.